The fourth-order valence-electron chi connectivity index (χ4n) is 1.70. The van der Waals surface area contributed by atoms with Crippen molar-refractivity contribution in [1.82, 2.24) is 0 Å². The zero-order chi connectivity index (χ0) is 8.55. The molecule has 0 aliphatic heterocycles. The van der Waals surface area contributed by atoms with E-state index < -0.39 is 0 Å². The summed E-state index contributed by atoms with van der Waals surface area (Å²) >= 11 is 5.31. The summed E-state index contributed by atoms with van der Waals surface area (Å²) in [6.07, 6.45) is 3.66. The first-order valence-corrected chi connectivity index (χ1v) is 5.85. The molecule has 12 heavy (non-hydrogen) atoms. The lowest BCUT2D eigenvalue weighted by Gasteiger charge is -2.31. The minimum Gasteiger partial charge on any atom is -0.328 e. The molecule has 3 heteroatoms. The lowest BCUT2D eigenvalue weighted by atomic mass is 9.78. The summed E-state index contributed by atoms with van der Waals surface area (Å²) in [5.41, 5.74) is 5.72. The maximum atomic E-state index is 5.72. The van der Waals surface area contributed by atoms with Gasteiger partial charge in [0.1, 0.15) is 0 Å². The Labute approximate surface area is 85.1 Å². The molecule has 0 bridgehead atoms. The van der Waals surface area contributed by atoms with Crippen LogP contribution in [0.25, 0.3) is 0 Å². The van der Waals surface area contributed by atoms with Gasteiger partial charge < -0.3 is 5.73 Å². The molecule has 1 nitrogen and oxygen atoms in total. The number of rotatable bonds is 2. The van der Waals surface area contributed by atoms with Crippen molar-refractivity contribution < 1.29 is 0 Å². The number of halogens is 1. The number of thiophene rings is 1. The molecule has 2 rings (SSSR count). The van der Waals surface area contributed by atoms with Crippen LogP contribution in [0.15, 0.2) is 15.9 Å². The maximum absolute atomic E-state index is 5.72. The van der Waals surface area contributed by atoms with Crippen LogP contribution in [0.4, 0.5) is 0 Å². The van der Waals surface area contributed by atoms with Gasteiger partial charge in [0.15, 0.2) is 0 Å². The first-order chi connectivity index (χ1) is 5.74. The second-order valence-electron chi connectivity index (χ2n) is 3.51. The van der Waals surface area contributed by atoms with E-state index >= 15 is 0 Å². The van der Waals surface area contributed by atoms with Crippen molar-refractivity contribution in [2.45, 2.75) is 25.3 Å². The van der Waals surface area contributed by atoms with E-state index in [1.54, 1.807) is 0 Å². The molecule has 0 unspecified atom stereocenters. The second kappa shape index (κ2) is 3.48. The summed E-state index contributed by atoms with van der Waals surface area (Å²) in [6, 6.07) is 4.82. The van der Waals surface area contributed by atoms with Gasteiger partial charge in [-0.1, -0.05) is 0 Å². The van der Waals surface area contributed by atoms with Crippen molar-refractivity contribution in [3.05, 3.63) is 20.8 Å². The van der Waals surface area contributed by atoms with Gasteiger partial charge in [0, 0.05) is 10.9 Å². The van der Waals surface area contributed by atoms with Gasteiger partial charge in [-0.15, -0.1) is 11.3 Å². The van der Waals surface area contributed by atoms with Crippen LogP contribution >= 0.6 is 27.3 Å². The van der Waals surface area contributed by atoms with E-state index in [1.165, 1.54) is 27.9 Å². The third-order valence-corrected chi connectivity index (χ3v) is 4.04. The monoisotopic (exact) mass is 245 g/mol. The quantitative estimate of drug-likeness (QED) is 0.853. The Morgan fingerprint density at radius 1 is 1.50 bits per heavy atom. The van der Waals surface area contributed by atoms with Gasteiger partial charge in [-0.3, -0.25) is 0 Å². The van der Waals surface area contributed by atoms with Crippen LogP contribution in [0.3, 0.4) is 0 Å². The van der Waals surface area contributed by atoms with Crippen LogP contribution in [-0.2, 0) is 6.42 Å². The normalized spacial score (nSPS) is 28.5. The Hall–Kier alpha value is 0.140. The average molecular weight is 246 g/mol. The molecule has 0 aromatic carbocycles. The highest BCUT2D eigenvalue weighted by Crippen LogP contribution is 2.32. The third kappa shape index (κ3) is 1.90. The van der Waals surface area contributed by atoms with Gasteiger partial charge in [0.25, 0.3) is 0 Å². The van der Waals surface area contributed by atoms with Crippen molar-refractivity contribution >= 4 is 27.3 Å². The molecular formula is C9H12BrNS. The molecule has 1 heterocycles. The van der Waals surface area contributed by atoms with E-state index in [0.717, 1.165) is 5.92 Å². The molecule has 0 spiro atoms. The zero-order valence-corrected chi connectivity index (χ0v) is 9.20. The van der Waals surface area contributed by atoms with Gasteiger partial charge in [-0.2, -0.15) is 0 Å². The standard InChI is InChI=1S/C9H12BrNS/c10-9-2-1-8(12-9)5-6-3-7(11)4-6/h1-2,6-7H,3-5,11H2. The Bertz CT molecular complexity index is 265. The van der Waals surface area contributed by atoms with E-state index in [-0.39, 0.29) is 0 Å². The topological polar surface area (TPSA) is 26.0 Å². The molecule has 0 radical (unpaired) electrons. The minimum atomic E-state index is 0.485. The highest BCUT2D eigenvalue weighted by atomic mass is 79.9. The fourth-order valence-corrected chi connectivity index (χ4v) is 3.30. The first kappa shape index (κ1) is 8.73. The summed E-state index contributed by atoms with van der Waals surface area (Å²) in [6.45, 7) is 0. The van der Waals surface area contributed by atoms with E-state index in [9.17, 15) is 0 Å². The average Bonchev–Trinajstić information content (AvgIpc) is 2.33. The lowest BCUT2D eigenvalue weighted by molar-refractivity contribution is 0.265. The Kier molecular flexibility index (Phi) is 2.53. The molecule has 66 valence electrons. The lowest BCUT2D eigenvalue weighted by Crippen LogP contribution is -2.37. The molecule has 1 aliphatic carbocycles. The molecular weight excluding hydrogens is 234 g/mol. The van der Waals surface area contributed by atoms with Crippen LogP contribution in [0.2, 0.25) is 0 Å². The predicted octanol–water partition coefficient (Wildman–Crippen LogP) is 2.79. The van der Waals surface area contributed by atoms with E-state index in [2.05, 4.69) is 28.1 Å². The highest BCUT2D eigenvalue weighted by molar-refractivity contribution is 9.11. The van der Waals surface area contributed by atoms with Gasteiger partial charge in [-0.25, -0.2) is 0 Å². The van der Waals surface area contributed by atoms with Crippen molar-refractivity contribution in [1.29, 1.82) is 0 Å². The SMILES string of the molecule is NC1CC(Cc2ccc(Br)s2)C1. The Morgan fingerprint density at radius 2 is 2.25 bits per heavy atom. The molecule has 1 aromatic heterocycles. The largest absolute Gasteiger partial charge is 0.328 e. The van der Waals surface area contributed by atoms with Crippen molar-refractivity contribution in [2.75, 3.05) is 0 Å². The smallest absolute Gasteiger partial charge is 0.0701 e. The third-order valence-electron chi connectivity index (χ3n) is 2.39. The summed E-state index contributed by atoms with van der Waals surface area (Å²) < 4.78 is 1.24. The number of hydrogen-bond acceptors (Lipinski definition) is 2. The summed E-state index contributed by atoms with van der Waals surface area (Å²) in [4.78, 5) is 1.48. The zero-order valence-electron chi connectivity index (χ0n) is 6.79. The molecule has 1 saturated carbocycles. The van der Waals surface area contributed by atoms with Crippen LogP contribution in [-0.4, -0.2) is 6.04 Å². The van der Waals surface area contributed by atoms with Crippen molar-refractivity contribution in [3.63, 3.8) is 0 Å². The van der Waals surface area contributed by atoms with E-state index in [1.807, 2.05) is 11.3 Å². The van der Waals surface area contributed by atoms with E-state index in [0.29, 0.717) is 6.04 Å². The van der Waals surface area contributed by atoms with E-state index in [4.69, 9.17) is 5.73 Å². The number of nitrogens with two attached hydrogens (primary N) is 1. The molecule has 1 fully saturated rings. The van der Waals surface area contributed by atoms with Crippen LogP contribution in [0.1, 0.15) is 17.7 Å². The van der Waals surface area contributed by atoms with Crippen LogP contribution in [0.5, 0.6) is 0 Å². The fraction of sp³-hybridized carbons (Fsp3) is 0.556. The van der Waals surface area contributed by atoms with Gasteiger partial charge in [-0.05, 0) is 53.2 Å². The summed E-state index contributed by atoms with van der Waals surface area (Å²) in [5, 5.41) is 0. The number of hydrogen-bond donors (Lipinski definition) is 1. The summed E-state index contributed by atoms with van der Waals surface area (Å²) in [7, 11) is 0. The minimum absolute atomic E-state index is 0.485. The molecule has 2 N–H and O–H groups in total. The molecule has 1 aromatic rings. The molecule has 0 saturated heterocycles. The van der Waals surface area contributed by atoms with Crippen molar-refractivity contribution in [2.24, 2.45) is 11.7 Å². The highest BCUT2D eigenvalue weighted by Gasteiger charge is 2.25. The van der Waals surface area contributed by atoms with Gasteiger partial charge in [0.2, 0.25) is 0 Å². The van der Waals surface area contributed by atoms with Crippen LogP contribution in [0, 0.1) is 5.92 Å². The predicted molar refractivity (Wildman–Crippen MR) is 56.4 cm³/mol. The Morgan fingerprint density at radius 3 is 2.75 bits per heavy atom. The maximum Gasteiger partial charge on any atom is 0.0701 e. The molecule has 1 aliphatic rings. The first-order valence-electron chi connectivity index (χ1n) is 4.24. The van der Waals surface area contributed by atoms with Gasteiger partial charge >= 0.3 is 0 Å². The Balaban J connectivity index is 1.88. The molecule has 0 amide bonds. The second-order valence-corrected chi connectivity index (χ2v) is 6.06. The molecule has 0 atom stereocenters. The van der Waals surface area contributed by atoms with Crippen molar-refractivity contribution in [3.8, 4) is 0 Å². The summed E-state index contributed by atoms with van der Waals surface area (Å²) in [5.74, 6) is 0.852. The van der Waals surface area contributed by atoms with Gasteiger partial charge in [0.05, 0.1) is 3.79 Å². The van der Waals surface area contributed by atoms with Crippen LogP contribution < -0.4 is 5.73 Å².